The van der Waals surface area contributed by atoms with Gasteiger partial charge in [-0.15, -0.1) is 35.3 Å². The maximum Gasteiger partial charge on any atom is 0.225 e. The van der Waals surface area contributed by atoms with Gasteiger partial charge in [0, 0.05) is 50.1 Å². The lowest BCUT2D eigenvalue weighted by Gasteiger charge is -2.32. The van der Waals surface area contributed by atoms with Crippen LogP contribution in [0.1, 0.15) is 38.0 Å². The molecule has 1 aromatic rings. The van der Waals surface area contributed by atoms with Crippen LogP contribution in [0.2, 0.25) is 0 Å². The van der Waals surface area contributed by atoms with E-state index in [4.69, 9.17) is 0 Å². The molecule has 2 fully saturated rings. The molecule has 6 nitrogen and oxygen atoms in total. The number of hydrogen-bond acceptors (Lipinski definition) is 4. The maximum absolute atomic E-state index is 12.2. The van der Waals surface area contributed by atoms with Crippen LogP contribution in [-0.2, 0) is 11.3 Å². The van der Waals surface area contributed by atoms with Gasteiger partial charge in [0.15, 0.2) is 5.96 Å². The Morgan fingerprint density at radius 3 is 2.66 bits per heavy atom. The van der Waals surface area contributed by atoms with E-state index in [1.54, 1.807) is 0 Å². The number of carbonyl (C=O) groups is 1. The minimum atomic E-state index is 0. The van der Waals surface area contributed by atoms with Crippen LogP contribution in [0.15, 0.2) is 22.5 Å². The number of nitrogens with zero attached hydrogens (tertiary/aromatic N) is 3. The van der Waals surface area contributed by atoms with Crippen LogP contribution in [0.5, 0.6) is 0 Å². The zero-order valence-corrected chi connectivity index (χ0v) is 21.0. The van der Waals surface area contributed by atoms with Gasteiger partial charge < -0.3 is 15.5 Å². The Morgan fingerprint density at radius 1 is 1.28 bits per heavy atom. The lowest BCUT2D eigenvalue weighted by Crippen LogP contribution is -2.47. The molecule has 0 bridgehead atoms. The van der Waals surface area contributed by atoms with Crippen LogP contribution in [0, 0.1) is 11.8 Å². The molecule has 3 rings (SSSR count). The number of halogens is 1. The molecule has 164 valence electrons. The monoisotopic (exact) mass is 533 g/mol. The minimum Gasteiger partial charge on any atom is -0.356 e. The van der Waals surface area contributed by atoms with Gasteiger partial charge in [0.25, 0.3) is 0 Å². The molecule has 2 aliphatic rings. The van der Waals surface area contributed by atoms with Crippen molar-refractivity contribution >= 4 is 47.2 Å². The van der Waals surface area contributed by atoms with Crippen LogP contribution in [0.3, 0.4) is 0 Å². The van der Waals surface area contributed by atoms with Crippen LogP contribution >= 0.6 is 35.3 Å². The van der Waals surface area contributed by atoms with E-state index in [9.17, 15) is 4.79 Å². The molecule has 1 atom stereocenters. The van der Waals surface area contributed by atoms with Crippen LogP contribution in [-0.4, -0.2) is 67.5 Å². The first-order chi connectivity index (χ1) is 13.5. The van der Waals surface area contributed by atoms with Crippen molar-refractivity contribution in [1.29, 1.82) is 0 Å². The van der Waals surface area contributed by atoms with Gasteiger partial charge in [-0.2, -0.15) is 0 Å². The molecular formula is C21H36IN5OS. The number of hydrogen-bond donors (Lipinski definition) is 2. The number of rotatable bonds is 6. The summed E-state index contributed by atoms with van der Waals surface area (Å²) >= 11 is 1.85. The number of piperidine rings is 1. The second kappa shape index (κ2) is 12.1. The fraction of sp³-hybridized carbons (Fsp3) is 0.714. The molecule has 2 aliphatic heterocycles. The highest BCUT2D eigenvalue weighted by molar-refractivity contribution is 14.0. The quantitative estimate of drug-likeness (QED) is 0.336. The van der Waals surface area contributed by atoms with E-state index in [1.165, 1.54) is 30.8 Å². The molecule has 0 saturated carbocycles. The van der Waals surface area contributed by atoms with E-state index >= 15 is 0 Å². The van der Waals surface area contributed by atoms with Gasteiger partial charge in [0.05, 0.1) is 0 Å². The molecule has 1 amide bonds. The highest BCUT2D eigenvalue weighted by atomic mass is 127. The summed E-state index contributed by atoms with van der Waals surface area (Å²) in [5.41, 5.74) is 0. The van der Waals surface area contributed by atoms with Crippen molar-refractivity contribution in [2.75, 3.05) is 39.8 Å². The number of likely N-dealkylation sites (tertiary alicyclic amines) is 2. The number of carbonyl (C=O) groups excluding carboxylic acids is 1. The van der Waals surface area contributed by atoms with Crippen molar-refractivity contribution in [2.24, 2.45) is 16.8 Å². The van der Waals surface area contributed by atoms with Gasteiger partial charge in [0.2, 0.25) is 5.91 Å². The van der Waals surface area contributed by atoms with E-state index in [1.807, 2.05) is 37.1 Å². The molecule has 0 aromatic carbocycles. The molecular weight excluding hydrogens is 497 g/mol. The lowest BCUT2D eigenvalue weighted by atomic mass is 9.97. The largest absolute Gasteiger partial charge is 0.356 e. The van der Waals surface area contributed by atoms with Crippen molar-refractivity contribution in [3.05, 3.63) is 22.4 Å². The predicted molar refractivity (Wildman–Crippen MR) is 132 cm³/mol. The van der Waals surface area contributed by atoms with E-state index in [0.717, 1.165) is 38.6 Å². The zero-order chi connectivity index (χ0) is 19.9. The lowest BCUT2D eigenvalue weighted by molar-refractivity contribution is -0.133. The molecule has 0 radical (unpaired) electrons. The summed E-state index contributed by atoms with van der Waals surface area (Å²) in [5, 5.41) is 9.18. The summed E-state index contributed by atoms with van der Waals surface area (Å²) < 4.78 is 0. The normalized spacial score (nSPS) is 21.3. The molecule has 0 spiro atoms. The molecule has 8 heteroatoms. The van der Waals surface area contributed by atoms with Crippen LogP contribution < -0.4 is 10.6 Å². The standard InChI is InChI=1S/C21H35N5OS.HI/c1-16(2)20(27)26-11-8-18(14-26)24-21(22-3)23-13-17-6-9-25(10-7-17)15-19-5-4-12-28-19;/h4-5,12,16-18H,6-11,13-15H2,1-3H3,(H2,22,23,24);1H. The van der Waals surface area contributed by atoms with Crippen molar-refractivity contribution in [3.8, 4) is 0 Å². The minimum absolute atomic E-state index is 0. The zero-order valence-electron chi connectivity index (χ0n) is 17.9. The summed E-state index contributed by atoms with van der Waals surface area (Å²) in [6, 6.07) is 4.66. The molecule has 2 saturated heterocycles. The number of nitrogens with one attached hydrogen (secondary N) is 2. The molecule has 1 aromatic heterocycles. The smallest absolute Gasteiger partial charge is 0.225 e. The van der Waals surface area contributed by atoms with Crippen molar-refractivity contribution in [3.63, 3.8) is 0 Å². The second-order valence-electron chi connectivity index (χ2n) is 8.32. The van der Waals surface area contributed by atoms with E-state index in [0.29, 0.717) is 12.0 Å². The Balaban J connectivity index is 0.00000300. The Labute approximate surface area is 196 Å². The summed E-state index contributed by atoms with van der Waals surface area (Å²) in [6.07, 6.45) is 3.45. The summed E-state index contributed by atoms with van der Waals surface area (Å²) in [6.45, 7) is 9.95. The van der Waals surface area contributed by atoms with Crippen LogP contribution in [0.4, 0.5) is 0 Å². The molecule has 1 unspecified atom stereocenters. The second-order valence-corrected chi connectivity index (χ2v) is 9.35. The fourth-order valence-electron chi connectivity index (χ4n) is 4.04. The Kier molecular flexibility index (Phi) is 10.2. The van der Waals surface area contributed by atoms with Gasteiger partial charge >= 0.3 is 0 Å². The first-order valence-electron chi connectivity index (χ1n) is 10.6. The Hall–Kier alpha value is -0.870. The van der Waals surface area contributed by atoms with E-state index < -0.39 is 0 Å². The van der Waals surface area contributed by atoms with E-state index in [-0.39, 0.29) is 35.8 Å². The average Bonchev–Trinajstić information content (AvgIpc) is 3.37. The van der Waals surface area contributed by atoms with Crippen molar-refractivity contribution in [1.82, 2.24) is 20.4 Å². The molecule has 3 heterocycles. The third-order valence-corrected chi connectivity index (χ3v) is 6.64. The van der Waals surface area contributed by atoms with Gasteiger partial charge in [-0.25, -0.2) is 0 Å². The highest BCUT2D eigenvalue weighted by Gasteiger charge is 2.28. The van der Waals surface area contributed by atoms with Gasteiger partial charge in [-0.3, -0.25) is 14.7 Å². The molecule has 29 heavy (non-hydrogen) atoms. The molecule has 0 aliphatic carbocycles. The first kappa shape index (κ1) is 24.4. The highest BCUT2D eigenvalue weighted by Crippen LogP contribution is 2.20. The van der Waals surface area contributed by atoms with Gasteiger partial charge in [-0.05, 0) is 49.7 Å². The summed E-state index contributed by atoms with van der Waals surface area (Å²) in [5.74, 6) is 1.88. The molecule has 2 N–H and O–H groups in total. The predicted octanol–water partition coefficient (Wildman–Crippen LogP) is 3.00. The Bertz CT molecular complexity index is 644. The Morgan fingerprint density at radius 2 is 2.03 bits per heavy atom. The maximum atomic E-state index is 12.2. The number of amides is 1. The number of thiophene rings is 1. The summed E-state index contributed by atoms with van der Waals surface area (Å²) in [4.78, 5) is 22.5. The fourth-order valence-corrected chi connectivity index (χ4v) is 4.79. The average molecular weight is 534 g/mol. The van der Waals surface area contributed by atoms with Crippen molar-refractivity contribution in [2.45, 2.75) is 45.7 Å². The van der Waals surface area contributed by atoms with Gasteiger partial charge in [0.1, 0.15) is 0 Å². The van der Waals surface area contributed by atoms with Crippen LogP contribution in [0.25, 0.3) is 0 Å². The van der Waals surface area contributed by atoms with E-state index in [2.05, 4.69) is 38.0 Å². The third kappa shape index (κ3) is 7.40. The third-order valence-electron chi connectivity index (χ3n) is 5.78. The summed E-state index contributed by atoms with van der Waals surface area (Å²) in [7, 11) is 1.82. The number of aliphatic imine (C=N–C) groups is 1. The van der Waals surface area contributed by atoms with Crippen molar-refractivity contribution < 1.29 is 4.79 Å². The topological polar surface area (TPSA) is 60.0 Å². The number of guanidine groups is 1. The SMILES string of the molecule is CN=C(NCC1CCN(Cc2cccs2)CC1)NC1CCN(C(=O)C(C)C)C1.I. The first-order valence-corrected chi connectivity index (χ1v) is 11.4. The van der Waals surface area contributed by atoms with Gasteiger partial charge in [-0.1, -0.05) is 19.9 Å².